The topological polar surface area (TPSA) is 48.7 Å². The van der Waals surface area contributed by atoms with Crippen LogP contribution in [0, 0.1) is 25.2 Å². The number of nitrogens with one attached hydrogen (secondary N) is 1. The fourth-order valence-electron chi connectivity index (χ4n) is 1.53. The van der Waals surface area contributed by atoms with E-state index in [1.54, 1.807) is 11.3 Å². The number of hydrogen-bond acceptors (Lipinski definition) is 4. The summed E-state index contributed by atoms with van der Waals surface area (Å²) in [5.41, 5.74) is 1.12. The van der Waals surface area contributed by atoms with Crippen molar-refractivity contribution in [2.45, 2.75) is 39.7 Å². The van der Waals surface area contributed by atoms with Gasteiger partial charge in [0.1, 0.15) is 0 Å². The Balaban J connectivity index is 2.43. The lowest BCUT2D eigenvalue weighted by Gasteiger charge is -2.11. The molecule has 0 fully saturated rings. The van der Waals surface area contributed by atoms with Crippen molar-refractivity contribution in [3.8, 4) is 6.07 Å². The molecule has 1 aromatic rings. The van der Waals surface area contributed by atoms with Gasteiger partial charge in [0.25, 0.3) is 0 Å². The smallest absolute Gasteiger partial charge is 0.0900 e. The zero-order valence-corrected chi connectivity index (χ0v) is 10.3. The first-order chi connectivity index (χ1) is 7.15. The van der Waals surface area contributed by atoms with Gasteiger partial charge >= 0.3 is 0 Å². The van der Waals surface area contributed by atoms with Crippen LogP contribution in [-0.2, 0) is 0 Å². The minimum absolute atomic E-state index is 0.342. The average Bonchev–Trinajstić information content (AvgIpc) is 2.52. The molecule has 0 spiro atoms. The van der Waals surface area contributed by atoms with Crippen LogP contribution in [0.5, 0.6) is 0 Å². The molecule has 0 saturated heterocycles. The van der Waals surface area contributed by atoms with Crippen molar-refractivity contribution in [1.29, 1.82) is 5.26 Å². The predicted octanol–water partition coefficient (Wildman–Crippen LogP) is 2.71. The maximum atomic E-state index is 8.41. The number of thiazole rings is 1. The summed E-state index contributed by atoms with van der Waals surface area (Å²) in [7, 11) is 0. The van der Waals surface area contributed by atoms with E-state index in [9.17, 15) is 0 Å². The molecule has 82 valence electrons. The van der Waals surface area contributed by atoms with Crippen molar-refractivity contribution in [2.75, 3.05) is 6.54 Å². The molecule has 0 aliphatic carbocycles. The zero-order valence-electron chi connectivity index (χ0n) is 9.50. The molecule has 4 heteroatoms. The number of nitrogens with zero attached hydrogens (tertiary/aromatic N) is 2. The second-order valence-corrected chi connectivity index (χ2v) is 4.85. The first-order valence-corrected chi connectivity index (χ1v) is 6.01. The van der Waals surface area contributed by atoms with Gasteiger partial charge in [-0.1, -0.05) is 0 Å². The van der Waals surface area contributed by atoms with Crippen LogP contribution in [0.2, 0.25) is 0 Å². The molecular formula is C11H17N3S. The van der Waals surface area contributed by atoms with Gasteiger partial charge in [0.2, 0.25) is 0 Å². The van der Waals surface area contributed by atoms with Gasteiger partial charge in [0.05, 0.1) is 16.8 Å². The Kier molecular flexibility index (Phi) is 4.73. The van der Waals surface area contributed by atoms with Gasteiger partial charge in [0.15, 0.2) is 0 Å². The van der Waals surface area contributed by atoms with Gasteiger partial charge in [-0.15, -0.1) is 11.3 Å². The summed E-state index contributed by atoms with van der Waals surface area (Å²) < 4.78 is 0. The molecule has 1 aromatic heterocycles. The number of aromatic nitrogens is 1. The summed E-state index contributed by atoms with van der Waals surface area (Å²) in [6, 6.07) is 2.49. The van der Waals surface area contributed by atoms with Gasteiger partial charge in [-0.25, -0.2) is 4.98 Å². The molecule has 0 radical (unpaired) electrons. The number of rotatable bonds is 5. The van der Waals surface area contributed by atoms with E-state index in [0.717, 1.165) is 23.7 Å². The molecule has 15 heavy (non-hydrogen) atoms. The third kappa shape index (κ3) is 3.61. The lowest BCUT2D eigenvalue weighted by Crippen LogP contribution is -2.19. The third-order valence-electron chi connectivity index (χ3n) is 2.25. The van der Waals surface area contributed by atoms with E-state index < -0.39 is 0 Å². The van der Waals surface area contributed by atoms with Crippen LogP contribution in [0.1, 0.15) is 41.4 Å². The highest BCUT2D eigenvalue weighted by molar-refractivity contribution is 7.11. The zero-order chi connectivity index (χ0) is 11.3. The molecule has 3 nitrogen and oxygen atoms in total. The molecule has 1 atom stereocenters. The van der Waals surface area contributed by atoms with Crippen molar-refractivity contribution < 1.29 is 0 Å². The largest absolute Gasteiger partial charge is 0.309 e. The molecule has 0 saturated carbocycles. The Labute approximate surface area is 95.2 Å². The Morgan fingerprint density at radius 3 is 2.80 bits per heavy atom. The molecule has 0 bridgehead atoms. The van der Waals surface area contributed by atoms with Gasteiger partial charge in [0, 0.05) is 17.3 Å². The van der Waals surface area contributed by atoms with Crippen molar-refractivity contribution in [1.82, 2.24) is 10.3 Å². The highest BCUT2D eigenvalue weighted by atomic mass is 32.1. The summed E-state index contributed by atoms with van der Waals surface area (Å²) in [6.45, 7) is 7.12. The quantitative estimate of drug-likeness (QED) is 0.781. The lowest BCUT2D eigenvalue weighted by atomic mass is 10.2. The monoisotopic (exact) mass is 223 g/mol. The van der Waals surface area contributed by atoms with E-state index in [4.69, 9.17) is 5.26 Å². The second-order valence-electron chi connectivity index (χ2n) is 3.62. The van der Waals surface area contributed by atoms with Crippen molar-refractivity contribution >= 4 is 11.3 Å². The van der Waals surface area contributed by atoms with E-state index in [0.29, 0.717) is 12.5 Å². The van der Waals surface area contributed by atoms with Gasteiger partial charge in [-0.05, 0) is 33.7 Å². The highest BCUT2D eigenvalue weighted by Crippen LogP contribution is 2.24. The highest BCUT2D eigenvalue weighted by Gasteiger charge is 2.11. The Morgan fingerprint density at radius 2 is 2.27 bits per heavy atom. The molecule has 0 aliphatic heterocycles. The van der Waals surface area contributed by atoms with E-state index >= 15 is 0 Å². The summed E-state index contributed by atoms with van der Waals surface area (Å²) >= 11 is 1.75. The van der Waals surface area contributed by atoms with Crippen LogP contribution >= 0.6 is 11.3 Å². The Hall–Kier alpha value is -0.920. The Bertz CT molecular complexity index is 351. The second kappa shape index (κ2) is 5.84. The van der Waals surface area contributed by atoms with Gasteiger partial charge in [-0.2, -0.15) is 5.26 Å². The minimum atomic E-state index is 0.342. The maximum Gasteiger partial charge on any atom is 0.0900 e. The summed E-state index contributed by atoms with van der Waals surface area (Å²) in [6.07, 6.45) is 1.54. The maximum absolute atomic E-state index is 8.41. The number of aryl methyl sites for hydroxylation is 2. The number of hydrogen-bond donors (Lipinski definition) is 1. The van der Waals surface area contributed by atoms with Gasteiger partial charge < -0.3 is 5.32 Å². The third-order valence-corrected chi connectivity index (χ3v) is 3.50. The normalized spacial score (nSPS) is 12.4. The summed E-state index contributed by atoms with van der Waals surface area (Å²) in [5.74, 6) is 0. The number of unbranched alkanes of at least 4 members (excludes halogenated alkanes) is 1. The van der Waals surface area contributed by atoms with E-state index in [-0.39, 0.29) is 0 Å². The lowest BCUT2D eigenvalue weighted by molar-refractivity contribution is 0.566. The van der Waals surface area contributed by atoms with Crippen LogP contribution in [0.4, 0.5) is 0 Å². The Morgan fingerprint density at radius 1 is 1.53 bits per heavy atom. The SMILES string of the molecule is Cc1nc(C)c(C(C)NCCCC#N)s1. The van der Waals surface area contributed by atoms with Crippen LogP contribution in [0.15, 0.2) is 0 Å². The van der Waals surface area contributed by atoms with Crippen LogP contribution in [0.25, 0.3) is 0 Å². The van der Waals surface area contributed by atoms with Crippen LogP contribution in [-0.4, -0.2) is 11.5 Å². The molecule has 0 amide bonds. The average molecular weight is 223 g/mol. The van der Waals surface area contributed by atoms with Crippen LogP contribution < -0.4 is 5.32 Å². The standard InChI is InChI=1S/C11H17N3S/c1-8(13-7-5-4-6-12)11-9(2)14-10(3)15-11/h8,13H,4-5,7H2,1-3H3. The minimum Gasteiger partial charge on any atom is -0.309 e. The van der Waals surface area contributed by atoms with Crippen molar-refractivity contribution in [3.05, 3.63) is 15.6 Å². The van der Waals surface area contributed by atoms with E-state index in [2.05, 4.69) is 23.3 Å². The summed E-state index contributed by atoms with van der Waals surface area (Å²) in [4.78, 5) is 5.71. The predicted molar refractivity (Wildman–Crippen MR) is 62.9 cm³/mol. The summed E-state index contributed by atoms with van der Waals surface area (Å²) in [5, 5.41) is 12.9. The van der Waals surface area contributed by atoms with E-state index in [1.165, 1.54) is 4.88 Å². The molecular weight excluding hydrogens is 206 g/mol. The van der Waals surface area contributed by atoms with Crippen molar-refractivity contribution in [3.63, 3.8) is 0 Å². The first kappa shape index (κ1) is 12.2. The molecule has 0 aromatic carbocycles. The number of nitriles is 1. The van der Waals surface area contributed by atoms with E-state index in [1.807, 2.05) is 13.8 Å². The van der Waals surface area contributed by atoms with Crippen LogP contribution in [0.3, 0.4) is 0 Å². The molecule has 1 unspecified atom stereocenters. The molecule has 1 heterocycles. The molecule has 1 N–H and O–H groups in total. The fraction of sp³-hybridized carbons (Fsp3) is 0.636. The van der Waals surface area contributed by atoms with Gasteiger partial charge in [-0.3, -0.25) is 0 Å². The molecule has 1 rings (SSSR count). The molecule has 0 aliphatic rings. The van der Waals surface area contributed by atoms with Crippen molar-refractivity contribution in [2.24, 2.45) is 0 Å². The fourth-order valence-corrected chi connectivity index (χ4v) is 2.48. The first-order valence-electron chi connectivity index (χ1n) is 5.19.